The number of anilines is 1. The van der Waals surface area contributed by atoms with Gasteiger partial charge in [-0.25, -0.2) is 14.2 Å². The normalized spacial score (nSPS) is 21.4. The van der Waals surface area contributed by atoms with Crippen molar-refractivity contribution in [1.82, 2.24) is 9.88 Å². The molecule has 1 fully saturated rings. The molecular formula is C17H21FIN3O3. The molecule has 1 amide bonds. The van der Waals surface area contributed by atoms with Gasteiger partial charge in [-0.3, -0.25) is 0 Å². The lowest BCUT2D eigenvalue weighted by molar-refractivity contribution is 0.0125. The summed E-state index contributed by atoms with van der Waals surface area (Å²) in [5, 5.41) is 3.22. The number of aromatic nitrogens is 1. The van der Waals surface area contributed by atoms with Gasteiger partial charge in [0.2, 0.25) is 0 Å². The molecule has 8 heteroatoms. The number of amides is 1. The number of hydrogen-bond donors (Lipinski definition) is 1. The van der Waals surface area contributed by atoms with E-state index in [2.05, 4.69) is 10.3 Å². The molecule has 2 aromatic rings. The van der Waals surface area contributed by atoms with Crippen LogP contribution in [0.1, 0.15) is 27.2 Å². The molecule has 1 N–H and O–H groups in total. The molecule has 25 heavy (non-hydrogen) atoms. The number of para-hydroxylation sites is 1. The Morgan fingerprint density at radius 1 is 1.48 bits per heavy atom. The quantitative estimate of drug-likeness (QED) is 0.680. The van der Waals surface area contributed by atoms with Gasteiger partial charge in [-0.1, -0.05) is 6.07 Å². The Morgan fingerprint density at radius 2 is 2.24 bits per heavy atom. The average Bonchev–Trinajstić information content (AvgIpc) is 2.88. The van der Waals surface area contributed by atoms with E-state index in [0.29, 0.717) is 28.0 Å². The Bertz CT molecular complexity index is 774. The maximum absolute atomic E-state index is 14.6. The summed E-state index contributed by atoms with van der Waals surface area (Å²) in [6.07, 6.45) is -1.17. The molecule has 1 aromatic heterocycles. The second-order valence-corrected chi connectivity index (χ2v) is 8.02. The van der Waals surface area contributed by atoms with E-state index in [1.807, 2.05) is 40.8 Å². The third kappa shape index (κ3) is 4.34. The van der Waals surface area contributed by atoms with Crippen LogP contribution in [0.25, 0.3) is 11.1 Å². The SMILES string of the molecule is CC(C)(C)OC(=O)N1CC[C@@H](Nc2cccc3oc(I)nc23)[C@@H](F)C1. The van der Waals surface area contributed by atoms with Gasteiger partial charge < -0.3 is 19.4 Å². The minimum Gasteiger partial charge on any atom is -0.444 e. The molecule has 0 bridgehead atoms. The highest BCUT2D eigenvalue weighted by Gasteiger charge is 2.34. The van der Waals surface area contributed by atoms with Crippen LogP contribution >= 0.6 is 22.6 Å². The molecule has 3 rings (SSSR count). The molecule has 0 aliphatic carbocycles. The van der Waals surface area contributed by atoms with Crippen molar-refractivity contribution < 1.29 is 18.3 Å². The number of ether oxygens (including phenoxy) is 1. The zero-order chi connectivity index (χ0) is 18.2. The summed E-state index contributed by atoms with van der Waals surface area (Å²) < 4.78 is 26.0. The van der Waals surface area contributed by atoms with Crippen LogP contribution in [0, 0.1) is 3.90 Å². The third-order valence-electron chi connectivity index (χ3n) is 3.93. The Kier molecular flexibility index (Phi) is 5.08. The fourth-order valence-electron chi connectivity index (χ4n) is 2.80. The van der Waals surface area contributed by atoms with E-state index in [0.717, 1.165) is 5.69 Å². The highest BCUT2D eigenvalue weighted by Crippen LogP contribution is 2.27. The second-order valence-electron chi connectivity index (χ2n) is 7.10. The van der Waals surface area contributed by atoms with Gasteiger partial charge in [0.05, 0.1) is 18.3 Å². The van der Waals surface area contributed by atoms with Gasteiger partial charge in [-0.2, -0.15) is 0 Å². The standard InChI is InChI=1S/C17H21FIN3O3/c1-17(2,3)25-16(23)22-8-7-11(10(18)9-22)20-12-5-4-6-13-14(12)21-15(19)24-13/h4-6,10-11,20H,7-9H2,1-3H3/t10-,11+/m0/s1. The van der Waals surface area contributed by atoms with Gasteiger partial charge >= 0.3 is 6.09 Å². The number of carbonyl (C=O) groups excluding carboxylic acids is 1. The fraction of sp³-hybridized carbons (Fsp3) is 0.529. The molecule has 6 nitrogen and oxygen atoms in total. The smallest absolute Gasteiger partial charge is 0.410 e. The van der Waals surface area contributed by atoms with Crippen molar-refractivity contribution >= 4 is 45.5 Å². The number of rotatable bonds is 2. The second kappa shape index (κ2) is 6.97. The van der Waals surface area contributed by atoms with E-state index in [4.69, 9.17) is 9.15 Å². The molecule has 1 saturated heterocycles. The van der Waals surface area contributed by atoms with Crippen molar-refractivity contribution in [3.63, 3.8) is 0 Å². The number of benzene rings is 1. The number of hydrogen-bond acceptors (Lipinski definition) is 5. The van der Waals surface area contributed by atoms with Gasteiger partial charge in [0, 0.05) is 29.1 Å². The molecule has 0 unspecified atom stereocenters. The van der Waals surface area contributed by atoms with Crippen LogP contribution in [0.4, 0.5) is 14.9 Å². The lowest BCUT2D eigenvalue weighted by atomic mass is 10.0. The van der Waals surface area contributed by atoms with Crippen LogP contribution in [0.15, 0.2) is 22.6 Å². The molecule has 1 aromatic carbocycles. The van der Waals surface area contributed by atoms with Crippen LogP contribution in [-0.4, -0.2) is 46.9 Å². The van der Waals surface area contributed by atoms with E-state index in [1.54, 1.807) is 20.8 Å². The predicted molar refractivity (Wildman–Crippen MR) is 101 cm³/mol. The van der Waals surface area contributed by atoms with Crippen molar-refractivity contribution in [3.05, 3.63) is 22.1 Å². The number of fused-ring (bicyclic) bond motifs is 1. The maximum Gasteiger partial charge on any atom is 0.410 e. The summed E-state index contributed by atoms with van der Waals surface area (Å²) in [7, 11) is 0. The summed E-state index contributed by atoms with van der Waals surface area (Å²) in [6.45, 7) is 5.85. The van der Waals surface area contributed by atoms with Gasteiger partial charge in [0.25, 0.3) is 3.90 Å². The van der Waals surface area contributed by atoms with Crippen molar-refractivity contribution in [2.75, 3.05) is 18.4 Å². The molecule has 0 spiro atoms. The maximum atomic E-state index is 14.6. The largest absolute Gasteiger partial charge is 0.444 e. The minimum atomic E-state index is -1.19. The van der Waals surface area contributed by atoms with Gasteiger partial charge in [-0.05, 0) is 39.3 Å². The number of alkyl halides is 1. The monoisotopic (exact) mass is 461 g/mol. The number of halogens is 2. The van der Waals surface area contributed by atoms with Crippen molar-refractivity contribution in [2.24, 2.45) is 0 Å². The molecule has 0 saturated carbocycles. The first-order chi connectivity index (χ1) is 11.7. The highest BCUT2D eigenvalue weighted by molar-refractivity contribution is 14.1. The van der Waals surface area contributed by atoms with E-state index >= 15 is 0 Å². The number of piperidine rings is 1. The lowest BCUT2D eigenvalue weighted by Crippen LogP contribution is -2.51. The van der Waals surface area contributed by atoms with Crippen LogP contribution in [0.2, 0.25) is 0 Å². The summed E-state index contributed by atoms with van der Waals surface area (Å²) >= 11 is 2.01. The summed E-state index contributed by atoms with van der Waals surface area (Å²) in [5.41, 5.74) is 1.50. The zero-order valence-corrected chi connectivity index (χ0v) is 16.5. The average molecular weight is 461 g/mol. The van der Waals surface area contributed by atoms with E-state index in [9.17, 15) is 9.18 Å². The van der Waals surface area contributed by atoms with E-state index < -0.39 is 23.9 Å². The molecule has 2 heterocycles. The first kappa shape index (κ1) is 18.2. The molecule has 0 radical (unpaired) electrons. The van der Waals surface area contributed by atoms with Gasteiger partial charge in [0.15, 0.2) is 5.58 Å². The van der Waals surface area contributed by atoms with E-state index in [-0.39, 0.29) is 6.54 Å². The first-order valence-electron chi connectivity index (χ1n) is 8.16. The Morgan fingerprint density at radius 3 is 2.92 bits per heavy atom. The summed E-state index contributed by atoms with van der Waals surface area (Å²) in [6, 6.07) is 5.13. The number of carbonyl (C=O) groups is 1. The fourth-order valence-corrected chi connectivity index (χ4v) is 3.28. The van der Waals surface area contributed by atoms with Crippen molar-refractivity contribution in [1.29, 1.82) is 0 Å². The highest BCUT2D eigenvalue weighted by atomic mass is 127. The van der Waals surface area contributed by atoms with Crippen molar-refractivity contribution in [3.8, 4) is 0 Å². The van der Waals surface area contributed by atoms with Crippen LogP contribution in [-0.2, 0) is 4.74 Å². The topological polar surface area (TPSA) is 67.6 Å². The Balaban J connectivity index is 1.66. The van der Waals surface area contributed by atoms with E-state index in [1.165, 1.54) is 4.90 Å². The molecular weight excluding hydrogens is 440 g/mol. The van der Waals surface area contributed by atoms with Gasteiger partial charge in [-0.15, -0.1) is 0 Å². The molecule has 2 atom stereocenters. The Labute approximate surface area is 159 Å². The summed E-state index contributed by atoms with van der Waals surface area (Å²) in [5.74, 6) is 0. The third-order valence-corrected chi connectivity index (χ3v) is 4.39. The van der Waals surface area contributed by atoms with Crippen molar-refractivity contribution in [2.45, 2.75) is 45.0 Å². The summed E-state index contributed by atoms with van der Waals surface area (Å²) in [4.78, 5) is 17.9. The molecule has 1 aliphatic heterocycles. The van der Waals surface area contributed by atoms with Gasteiger partial charge in [0.1, 0.15) is 17.3 Å². The number of nitrogens with zero attached hydrogens (tertiary/aromatic N) is 2. The predicted octanol–water partition coefficient (Wildman–Crippen LogP) is 4.19. The minimum absolute atomic E-state index is 0.0128. The molecule has 136 valence electrons. The Hall–Kier alpha value is -1.58. The van der Waals surface area contributed by atoms with Crippen LogP contribution < -0.4 is 5.32 Å². The molecule has 1 aliphatic rings. The zero-order valence-electron chi connectivity index (χ0n) is 14.4. The number of nitrogens with one attached hydrogen (secondary N) is 1. The van der Waals surface area contributed by atoms with Crippen LogP contribution in [0.3, 0.4) is 0 Å². The van der Waals surface area contributed by atoms with Crippen LogP contribution in [0.5, 0.6) is 0 Å². The lowest BCUT2D eigenvalue weighted by Gasteiger charge is -2.36. The number of oxazole rings is 1. The number of likely N-dealkylation sites (tertiary alicyclic amines) is 1. The first-order valence-corrected chi connectivity index (χ1v) is 9.24.